The molecule has 0 unspecified atom stereocenters. The molecule has 0 atom stereocenters. The van der Waals surface area contributed by atoms with Crippen molar-refractivity contribution in [3.8, 4) is 0 Å². The van der Waals surface area contributed by atoms with Crippen molar-refractivity contribution in [2.24, 2.45) is 0 Å². The maximum absolute atomic E-state index is 11.7. The monoisotopic (exact) mass is 216 g/mol. The summed E-state index contributed by atoms with van der Waals surface area (Å²) in [5.74, 6) is -0.210. The number of nitrogens with one attached hydrogen (secondary N) is 1. The van der Waals surface area contributed by atoms with Gasteiger partial charge in [-0.3, -0.25) is 14.5 Å². The zero-order valence-corrected chi connectivity index (χ0v) is 8.92. The zero-order valence-electron chi connectivity index (χ0n) is 8.92. The van der Waals surface area contributed by atoms with Gasteiger partial charge in [0.15, 0.2) is 5.69 Å². The molecule has 0 bridgehead atoms. The summed E-state index contributed by atoms with van der Waals surface area (Å²) in [6.07, 6.45) is 5.03. The van der Waals surface area contributed by atoms with E-state index in [2.05, 4.69) is 15.4 Å². The van der Waals surface area contributed by atoms with Crippen LogP contribution in [0.1, 0.15) is 17.4 Å². The zero-order chi connectivity index (χ0) is 11.4. The van der Waals surface area contributed by atoms with Crippen molar-refractivity contribution in [1.29, 1.82) is 0 Å². The average molecular weight is 216 g/mol. The van der Waals surface area contributed by atoms with E-state index in [1.54, 1.807) is 41.5 Å². The molecule has 0 aliphatic carbocycles. The average Bonchev–Trinajstić information content (AvgIpc) is 2.79. The first-order chi connectivity index (χ1) is 7.79. The van der Waals surface area contributed by atoms with Crippen molar-refractivity contribution >= 4 is 11.6 Å². The van der Waals surface area contributed by atoms with Gasteiger partial charge in [-0.25, -0.2) is 0 Å². The number of carbonyl (C=O) groups is 1. The third-order valence-corrected chi connectivity index (χ3v) is 2.14. The summed E-state index contributed by atoms with van der Waals surface area (Å²) in [5.41, 5.74) is 1.13. The second-order valence-electron chi connectivity index (χ2n) is 3.25. The van der Waals surface area contributed by atoms with Crippen LogP contribution in [0.25, 0.3) is 0 Å². The third kappa shape index (κ3) is 2.25. The van der Waals surface area contributed by atoms with Crippen molar-refractivity contribution < 1.29 is 4.79 Å². The Labute approximate surface area is 93.1 Å². The number of pyridine rings is 1. The second-order valence-corrected chi connectivity index (χ2v) is 3.25. The van der Waals surface area contributed by atoms with E-state index in [9.17, 15) is 4.79 Å². The van der Waals surface area contributed by atoms with E-state index >= 15 is 0 Å². The summed E-state index contributed by atoms with van der Waals surface area (Å²) < 4.78 is 1.71. The summed E-state index contributed by atoms with van der Waals surface area (Å²) in [6, 6.07) is 5.16. The number of carbonyl (C=O) groups excluding carboxylic acids is 1. The van der Waals surface area contributed by atoms with Crippen LogP contribution in [0, 0.1) is 0 Å². The van der Waals surface area contributed by atoms with Gasteiger partial charge in [-0.05, 0) is 25.1 Å². The van der Waals surface area contributed by atoms with Crippen LogP contribution in [0.5, 0.6) is 0 Å². The van der Waals surface area contributed by atoms with Crippen LogP contribution in [0.4, 0.5) is 5.69 Å². The Morgan fingerprint density at radius 1 is 1.38 bits per heavy atom. The molecule has 0 saturated carbocycles. The van der Waals surface area contributed by atoms with E-state index in [0.29, 0.717) is 11.4 Å². The summed E-state index contributed by atoms with van der Waals surface area (Å²) in [7, 11) is 0. The fourth-order valence-electron chi connectivity index (χ4n) is 1.29. The van der Waals surface area contributed by atoms with Crippen LogP contribution < -0.4 is 5.32 Å². The van der Waals surface area contributed by atoms with Crippen molar-refractivity contribution in [3.63, 3.8) is 0 Å². The van der Waals surface area contributed by atoms with E-state index in [1.165, 1.54) is 0 Å². The first-order valence-electron chi connectivity index (χ1n) is 5.04. The van der Waals surface area contributed by atoms with Crippen LogP contribution in [-0.2, 0) is 6.54 Å². The lowest BCUT2D eigenvalue weighted by molar-refractivity contribution is 0.102. The second kappa shape index (κ2) is 4.57. The van der Waals surface area contributed by atoms with Gasteiger partial charge in [0.2, 0.25) is 0 Å². The van der Waals surface area contributed by atoms with Crippen LogP contribution in [0.3, 0.4) is 0 Å². The van der Waals surface area contributed by atoms with Crippen LogP contribution in [0.2, 0.25) is 0 Å². The van der Waals surface area contributed by atoms with Gasteiger partial charge >= 0.3 is 0 Å². The van der Waals surface area contributed by atoms with Gasteiger partial charge in [0.25, 0.3) is 5.91 Å². The summed E-state index contributed by atoms with van der Waals surface area (Å²) in [5, 5.41) is 6.85. The van der Waals surface area contributed by atoms with Gasteiger partial charge < -0.3 is 5.32 Å². The van der Waals surface area contributed by atoms with Crippen molar-refractivity contribution in [2.45, 2.75) is 13.5 Å². The Bertz CT molecular complexity index is 478. The van der Waals surface area contributed by atoms with Gasteiger partial charge in [-0.15, -0.1) is 0 Å². The summed E-state index contributed by atoms with van der Waals surface area (Å²) in [6.45, 7) is 2.72. The molecule has 1 amide bonds. The Morgan fingerprint density at radius 3 is 2.75 bits per heavy atom. The van der Waals surface area contributed by atoms with Crippen molar-refractivity contribution in [1.82, 2.24) is 14.8 Å². The maximum atomic E-state index is 11.7. The summed E-state index contributed by atoms with van der Waals surface area (Å²) >= 11 is 0. The Morgan fingerprint density at radius 2 is 2.12 bits per heavy atom. The molecule has 0 saturated heterocycles. The van der Waals surface area contributed by atoms with E-state index in [-0.39, 0.29) is 5.91 Å². The predicted molar refractivity (Wildman–Crippen MR) is 60.1 cm³/mol. The predicted octanol–water partition coefficient (Wildman–Crippen LogP) is 1.55. The highest BCUT2D eigenvalue weighted by Gasteiger charge is 2.08. The lowest BCUT2D eigenvalue weighted by Gasteiger charge is -2.01. The molecule has 16 heavy (non-hydrogen) atoms. The fourth-order valence-corrected chi connectivity index (χ4v) is 1.29. The number of hydrogen-bond acceptors (Lipinski definition) is 3. The van der Waals surface area contributed by atoms with Crippen LogP contribution >= 0.6 is 0 Å². The first-order valence-corrected chi connectivity index (χ1v) is 5.04. The Kier molecular flexibility index (Phi) is 2.95. The molecule has 82 valence electrons. The largest absolute Gasteiger partial charge is 0.320 e. The van der Waals surface area contributed by atoms with Crippen LogP contribution in [0.15, 0.2) is 36.8 Å². The molecular formula is C11H12N4O. The number of aryl methyl sites for hydroxylation is 1. The van der Waals surface area contributed by atoms with Gasteiger partial charge in [0.05, 0.1) is 0 Å². The molecule has 2 heterocycles. The van der Waals surface area contributed by atoms with E-state index in [4.69, 9.17) is 0 Å². The van der Waals surface area contributed by atoms with Gasteiger partial charge in [0.1, 0.15) is 0 Å². The molecule has 0 aliphatic heterocycles. The normalized spacial score (nSPS) is 10.1. The van der Waals surface area contributed by atoms with Gasteiger partial charge in [-0.1, -0.05) is 0 Å². The van der Waals surface area contributed by atoms with Gasteiger partial charge in [0, 0.05) is 30.8 Å². The molecule has 2 rings (SSSR count). The maximum Gasteiger partial charge on any atom is 0.276 e. The SMILES string of the molecule is CCn1ccc(C(=O)Nc2ccncc2)n1. The highest BCUT2D eigenvalue weighted by molar-refractivity contribution is 6.02. The van der Waals surface area contributed by atoms with E-state index in [0.717, 1.165) is 6.54 Å². The Balaban J connectivity index is 2.09. The standard InChI is InChI=1S/C11H12N4O/c1-2-15-8-5-10(14-15)11(16)13-9-3-6-12-7-4-9/h3-8H,2H2,1H3,(H,12,13,16). The number of hydrogen-bond donors (Lipinski definition) is 1. The minimum atomic E-state index is -0.210. The first kappa shape index (κ1) is 10.4. The molecule has 0 aliphatic rings. The minimum Gasteiger partial charge on any atom is -0.320 e. The number of anilines is 1. The van der Waals surface area contributed by atoms with Gasteiger partial charge in [-0.2, -0.15) is 5.10 Å². The van der Waals surface area contributed by atoms with E-state index < -0.39 is 0 Å². The summed E-state index contributed by atoms with van der Waals surface area (Å²) in [4.78, 5) is 15.6. The Hall–Kier alpha value is -2.17. The quantitative estimate of drug-likeness (QED) is 0.846. The molecule has 5 nitrogen and oxygen atoms in total. The highest BCUT2D eigenvalue weighted by atomic mass is 16.1. The third-order valence-electron chi connectivity index (χ3n) is 2.14. The minimum absolute atomic E-state index is 0.210. The molecule has 0 aromatic carbocycles. The fraction of sp³-hybridized carbons (Fsp3) is 0.182. The van der Waals surface area contributed by atoms with Crippen molar-refractivity contribution in [3.05, 3.63) is 42.5 Å². The number of rotatable bonds is 3. The molecule has 2 aromatic heterocycles. The molecule has 0 radical (unpaired) electrons. The highest BCUT2D eigenvalue weighted by Crippen LogP contribution is 2.06. The molecule has 1 N–H and O–H groups in total. The molecular weight excluding hydrogens is 204 g/mol. The van der Waals surface area contributed by atoms with Crippen molar-refractivity contribution in [2.75, 3.05) is 5.32 Å². The smallest absolute Gasteiger partial charge is 0.276 e. The number of aromatic nitrogens is 3. The lowest BCUT2D eigenvalue weighted by Crippen LogP contribution is -2.13. The molecule has 0 spiro atoms. The number of amides is 1. The van der Waals surface area contributed by atoms with E-state index in [1.807, 2.05) is 6.92 Å². The van der Waals surface area contributed by atoms with Crippen LogP contribution in [-0.4, -0.2) is 20.7 Å². The molecule has 5 heteroatoms. The molecule has 2 aromatic rings. The lowest BCUT2D eigenvalue weighted by atomic mass is 10.3. The number of nitrogens with zero attached hydrogens (tertiary/aromatic N) is 3. The molecule has 0 fully saturated rings. The topological polar surface area (TPSA) is 59.8 Å².